The molecule has 1 atom stereocenters. The maximum Gasteiger partial charge on any atom is 0.243 e. The molecule has 0 aromatic heterocycles. The van der Waals surface area contributed by atoms with E-state index in [1.165, 1.54) is 4.31 Å². The summed E-state index contributed by atoms with van der Waals surface area (Å²) in [6.07, 6.45) is 1.70. The monoisotopic (exact) mass is 451 g/mol. The lowest BCUT2D eigenvalue weighted by atomic mass is 9.87. The molecule has 0 bridgehead atoms. The minimum Gasteiger partial charge on any atom is -0.354 e. The molecule has 1 fully saturated rings. The van der Waals surface area contributed by atoms with E-state index in [-0.39, 0.29) is 36.2 Å². The summed E-state index contributed by atoms with van der Waals surface area (Å²) in [6.45, 7) is 12.8. The Morgan fingerprint density at radius 2 is 1.81 bits per heavy atom. The number of sulfonamides is 1. The number of rotatable bonds is 7. The predicted octanol–water partition coefficient (Wildman–Crippen LogP) is 2.72. The number of nitrogens with zero attached hydrogens (tertiary/aromatic N) is 1. The third-order valence-electron chi connectivity index (χ3n) is 5.80. The summed E-state index contributed by atoms with van der Waals surface area (Å²) in [6, 6.07) is 5.00. The quantitative estimate of drug-likeness (QED) is 0.666. The lowest BCUT2D eigenvalue weighted by Crippen LogP contribution is -2.49. The zero-order chi connectivity index (χ0) is 23.4. The van der Waals surface area contributed by atoms with E-state index in [1.54, 1.807) is 13.0 Å². The molecular weight excluding hydrogens is 414 g/mol. The second-order valence-corrected chi connectivity index (χ2v) is 11.3. The van der Waals surface area contributed by atoms with Gasteiger partial charge in [-0.05, 0) is 55.7 Å². The number of piperidine rings is 1. The molecule has 2 rings (SSSR count). The van der Waals surface area contributed by atoms with E-state index in [9.17, 15) is 18.0 Å². The Hall–Kier alpha value is -1.93. The summed E-state index contributed by atoms with van der Waals surface area (Å²) in [7, 11) is -3.63. The summed E-state index contributed by atoms with van der Waals surface area (Å²) >= 11 is 0. The largest absolute Gasteiger partial charge is 0.354 e. The van der Waals surface area contributed by atoms with Crippen molar-refractivity contribution in [3.05, 3.63) is 29.3 Å². The molecule has 0 spiro atoms. The lowest BCUT2D eigenvalue weighted by molar-refractivity contribution is -0.131. The van der Waals surface area contributed by atoms with Gasteiger partial charge < -0.3 is 10.6 Å². The predicted molar refractivity (Wildman–Crippen MR) is 122 cm³/mol. The van der Waals surface area contributed by atoms with E-state index in [1.807, 2.05) is 26.0 Å². The van der Waals surface area contributed by atoms with Gasteiger partial charge in [0.05, 0.1) is 4.90 Å². The highest BCUT2D eigenvalue weighted by atomic mass is 32.2. The normalized spacial score (nSPS) is 17.2. The molecule has 2 amide bonds. The van der Waals surface area contributed by atoms with Crippen LogP contribution in [0, 0.1) is 12.8 Å². The van der Waals surface area contributed by atoms with Crippen molar-refractivity contribution in [2.45, 2.75) is 77.2 Å². The van der Waals surface area contributed by atoms with Crippen LogP contribution in [0.5, 0.6) is 0 Å². The van der Waals surface area contributed by atoms with Crippen LogP contribution >= 0.6 is 0 Å². The molecular formula is C23H37N3O4S. The SMILES string of the molecule is CCCNC(=O)[C@@H](C)NC(=O)C1CCN(S(=O)(=O)c2cc(C(C)(C)C)ccc2C)CC1. The topological polar surface area (TPSA) is 95.6 Å². The number of hydrogen-bond donors (Lipinski definition) is 2. The average Bonchev–Trinajstić information content (AvgIpc) is 2.71. The first-order valence-electron chi connectivity index (χ1n) is 11.1. The van der Waals surface area contributed by atoms with E-state index < -0.39 is 16.1 Å². The van der Waals surface area contributed by atoms with Crippen molar-refractivity contribution >= 4 is 21.8 Å². The molecule has 8 heteroatoms. The standard InChI is InChI=1S/C23H37N3O4S/c1-7-12-24-21(27)17(3)25-22(28)18-10-13-26(14-11-18)31(29,30)20-15-19(23(4,5)6)9-8-16(20)2/h8-9,15,17-18H,7,10-14H2,1-6H3,(H,24,27)(H,25,28)/t17-/m1/s1. The molecule has 0 aliphatic carbocycles. The number of hydrogen-bond acceptors (Lipinski definition) is 4. The summed E-state index contributed by atoms with van der Waals surface area (Å²) in [5, 5.41) is 5.52. The Morgan fingerprint density at radius 3 is 2.35 bits per heavy atom. The fourth-order valence-corrected chi connectivity index (χ4v) is 5.36. The van der Waals surface area contributed by atoms with E-state index in [4.69, 9.17) is 0 Å². The van der Waals surface area contributed by atoms with Crippen LogP contribution in [-0.2, 0) is 25.0 Å². The van der Waals surface area contributed by atoms with Crippen LogP contribution in [-0.4, -0.2) is 50.2 Å². The Labute approximate surface area is 187 Å². The smallest absolute Gasteiger partial charge is 0.243 e. The van der Waals surface area contributed by atoms with Gasteiger partial charge in [-0.2, -0.15) is 4.31 Å². The van der Waals surface area contributed by atoms with Gasteiger partial charge in [0.1, 0.15) is 6.04 Å². The van der Waals surface area contributed by atoms with Crippen LogP contribution in [0.3, 0.4) is 0 Å². The second-order valence-electron chi connectivity index (χ2n) is 9.43. The van der Waals surface area contributed by atoms with Crippen molar-refractivity contribution in [1.82, 2.24) is 14.9 Å². The Kier molecular flexibility index (Phi) is 8.27. The fourth-order valence-electron chi connectivity index (χ4n) is 3.64. The van der Waals surface area contributed by atoms with Crippen LogP contribution < -0.4 is 10.6 Å². The van der Waals surface area contributed by atoms with Gasteiger partial charge in [-0.3, -0.25) is 9.59 Å². The number of carbonyl (C=O) groups excluding carboxylic acids is 2. The molecule has 0 saturated carbocycles. The van der Waals surface area contributed by atoms with Crippen molar-refractivity contribution in [2.24, 2.45) is 5.92 Å². The molecule has 0 unspecified atom stereocenters. The molecule has 0 radical (unpaired) electrons. The number of nitrogens with one attached hydrogen (secondary N) is 2. The molecule has 1 saturated heterocycles. The second kappa shape index (κ2) is 10.1. The number of carbonyl (C=O) groups is 2. The third kappa shape index (κ3) is 6.29. The first-order chi connectivity index (χ1) is 14.4. The Morgan fingerprint density at radius 1 is 1.19 bits per heavy atom. The van der Waals surface area contributed by atoms with Gasteiger partial charge in [-0.1, -0.05) is 39.8 Å². The number of aryl methyl sites for hydroxylation is 1. The average molecular weight is 452 g/mol. The minimum absolute atomic E-state index is 0.150. The van der Waals surface area contributed by atoms with Gasteiger partial charge in [-0.15, -0.1) is 0 Å². The van der Waals surface area contributed by atoms with E-state index >= 15 is 0 Å². The van der Waals surface area contributed by atoms with Gasteiger partial charge in [0.2, 0.25) is 21.8 Å². The van der Waals surface area contributed by atoms with E-state index in [0.717, 1.165) is 17.5 Å². The van der Waals surface area contributed by atoms with Crippen LogP contribution in [0.25, 0.3) is 0 Å². The number of amides is 2. The maximum atomic E-state index is 13.3. The first-order valence-corrected chi connectivity index (χ1v) is 12.5. The van der Waals surface area contributed by atoms with Crippen LogP contribution in [0.2, 0.25) is 0 Å². The zero-order valence-corrected chi connectivity index (χ0v) is 20.4. The Bertz CT molecular complexity index is 898. The molecule has 1 aromatic carbocycles. The summed E-state index contributed by atoms with van der Waals surface area (Å²) < 4.78 is 28.1. The van der Waals surface area contributed by atoms with Crippen LogP contribution in [0.1, 0.15) is 65.0 Å². The zero-order valence-electron chi connectivity index (χ0n) is 19.6. The molecule has 174 valence electrons. The number of benzene rings is 1. The minimum atomic E-state index is -3.63. The van der Waals surface area contributed by atoms with Crippen molar-refractivity contribution in [2.75, 3.05) is 19.6 Å². The highest BCUT2D eigenvalue weighted by Crippen LogP contribution is 2.30. The van der Waals surface area contributed by atoms with Crippen molar-refractivity contribution in [3.8, 4) is 0 Å². The molecule has 31 heavy (non-hydrogen) atoms. The van der Waals surface area contributed by atoms with Gasteiger partial charge in [0, 0.05) is 25.6 Å². The molecule has 7 nitrogen and oxygen atoms in total. The molecule has 1 aromatic rings. The van der Waals surface area contributed by atoms with E-state index in [2.05, 4.69) is 31.4 Å². The molecule has 2 N–H and O–H groups in total. The highest BCUT2D eigenvalue weighted by Gasteiger charge is 2.34. The van der Waals surface area contributed by atoms with Crippen LogP contribution in [0.15, 0.2) is 23.1 Å². The Balaban J connectivity index is 2.04. The van der Waals surface area contributed by atoms with Gasteiger partial charge >= 0.3 is 0 Å². The molecule has 1 aliphatic rings. The van der Waals surface area contributed by atoms with Gasteiger partial charge in [0.15, 0.2) is 0 Å². The van der Waals surface area contributed by atoms with Gasteiger partial charge in [0.25, 0.3) is 0 Å². The van der Waals surface area contributed by atoms with Crippen molar-refractivity contribution in [1.29, 1.82) is 0 Å². The molecule has 1 heterocycles. The summed E-state index contributed by atoms with van der Waals surface area (Å²) in [5.41, 5.74) is 1.55. The lowest BCUT2D eigenvalue weighted by Gasteiger charge is -2.32. The summed E-state index contributed by atoms with van der Waals surface area (Å²) in [5.74, 6) is -0.693. The molecule has 1 aliphatic heterocycles. The highest BCUT2D eigenvalue weighted by molar-refractivity contribution is 7.89. The van der Waals surface area contributed by atoms with Gasteiger partial charge in [-0.25, -0.2) is 8.42 Å². The maximum absolute atomic E-state index is 13.3. The van der Waals surface area contributed by atoms with Crippen molar-refractivity contribution in [3.63, 3.8) is 0 Å². The fraction of sp³-hybridized carbons (Fsp3) is 0.652. The first kappa shape index (κ1) is 25.3. The van der Waals surface area contributed by atoms with E-state index in [0.29, 0.717) is 24.3 Å². The van der Waals surface area contributed by atoms with Crippen molar-refractivity contribution < 1.29 is 18.0 Å². The third-order valence-corrected chi connectivity index (χ3v) is 7.84. The summed E-state index contributed by atoms with van der Waals surface area (Å²) in [4.78, 5) is 24.9. The van der Waals surface area contributed by atoms with Crippen LogP contribution in [0.4, 0.5) is 0 Å².